The molecule has 0 bridgehead atoms. The summed E-state index contributed by atoms with van der Waals surface area (Å²) in [7, 11) is 0. The van der Waals surface area contributed by atoms with Crippen molar-refractivity contribution in [1.29, 1.82) is 0 Å². The molecule has 3 aromatic heterocycles. The molecule has 7 aromatic carbocycles. The number of rotatable bonds is 8. The zero-order valence-corrected chi connectivity index (χ0v) is 31.6. The van der Waals surface area contributed by atoms with Gasteiger partial charge in [0.15, 0.2) is 0 Å². The summed E-state index contributed by atoms with van der Waals surface area (Å²) in [6, 6.07) is 71.8. The van der Waals surface area contributed by atoms with Gasteiger partial charge in [0.25, 0.3) is 0 Å². The smallest absolute Gasteiger partial charge is 0.0979 e. The molecule has 0 saturated heterocycles. The van der Waals surface area contributed by atoms with Crippen molar-refractivity contribution in [2.45, 2.75) is 0 Å². The Kier molecular flexibility index (Phi) is 9.18. The predicted octanol–water partition coefficient (Wildman–Crippen LogP) is 13.8. The number of pyridine rings is 2. The number of hydrogen-bond donors (Lipinski definition) is 0. The van der Waals surface area contributed by atoms with E-state index < -0.39 is 0 Å². The van der Waals surface area contributed by atoms with E-state index in [0.29, 0.717) is 0 Å². The Balaban J connectivity index is 1.18. The van der Waals surface area contributed by atoms with Gasteiger partial charge < -0.3 is 0 Å². The normalized spacial score (nSPS) is 11.1. The Morgan fingerprint density at radius 3 is 0.897 bits per heavy atom. The minimum Gasteiger partial charge on any atom is -0.256 e. The molecule has 0 aliphatic carbocycles. The molecule has 272 valence electrons. The molecule has 0 aliphatic rings. The third kappa shape index (κ3) is 6.84. The van der Waals surface area contributed by atoms with Crippen LogP contribution in [0.3, 0.4) is 0 Å². The largest absolute Gasteiger partial charge is 0.256 e. The fourth-order valence-corrected chi connectivity index (χ4v) is 7.61. The summed E-state index contributed by atoms with van der Waals surface area (Å²) >= 11 is 0. The average Bonchev–Trinajstić information content (AvgIpc) is 3.32. The van der Waals surface area contributed by atoms with E-state index >= 15 is 0 Å². The molecule has 0 amide bonds. The van der Waals surface area contributed by atoms with Crippen LogP contribution >= 0.6 is 0 Å². The highest BCUT2D eigenvalue weighted by Gasteiger charge is 2.20. The van der Waals surface area contributed by atoms with Crippen molar-refractivity contribution in [3.05, 3.63) is 219 Å². The van der Waals surface area contributed by atoms with Gasteiger partial charge in [0.2, 0.25) is 0 Å². The maximum absolute atomic E-state index is 5.62. The van der Waals surface area contributed by atoms with Gasteiger partial charge in [-0.1, -0.05) is 182 Å². The van der Waals surface area contributed by atoms with Crippen molar-refractivity contribution in [2.75, 3.05) is 0 Å². The second kappa shape index (κ2) is 15.4. The molecular formula is C54H36N4. The molecule has 0 aliphatic heterocycles. The maximum atomic E-state index is 5.62. The first kappa shape index (κ1) is 34.7. The summed E-state index contributed by atoms with van der Waals surface area (Å²) in [4.78, 5) is 20.4. The van der Waals surface area contributed by atoms with E-state index in [-0.39, 0.29) is 0 Å². The number of nitrogens with zero attached hydrogens (tertiary/aromatic N) is 4. The number of fused-ring (bicyclic) bond motifs is 1. The quantitative estimate of drug-likeness (QED) is 0.156. The third-order valence-electron chi connectivity index (χ3n) is 10.7. The van der Waals surface area contributed by atoms with E-state index in [2.05, 4.69) is 168 Å². The van der Waals surface area contributed by atoms with Crippen molar-refractivity contribution < 1.29 is 0 Å². The van der Waals surface area contributed by atoms with Crippen LogP contribution in [-0.4, -0.2) is 19.9 Å². The Morgan fingerprint density at radius 2 is 0.534 bits per heavy atom. The molecule has 0 N–H and O–H groups in total. The van der Waals surface area contributed by atoms with E-state index in [1.54, 1.807) is 0 Å². The first-order valence-corrected chi connectivity index (χ1v) is 19.5. The molecule has 0 fully saturated rings. The summed E-state index contributed by atoms with van der Waals surface area (Å²) in [5, 5.41) is 0. The van der Waals surface area contributed by atoms with Gasteiger partial charge in [-0.3, -0.25) is 9.97 Å². The highest BCUT2D eigenvalue weighted by Crippen LogP contribution is 2.40. The Labute approximate surface area is 337 Å². The van der Waals surface area contributed by atoms with Crippen LogP contribution in [0.2, 0.25) is 0 Å². The molecule has 0 atom stereocenters. The molecule has 10 aromatic rings. The minimum absolute atomic E-state index is 0.810. The molecule has 0 unspecified atom stereocenters. The zero-order chi connectivity index (χ0) is 38.7. The second-order valence-electron chi connectivity index (χ2n) is 14.3. The molecule has 4 heteroatoms. The fourth-order valence-electron chi connectivity index (χ4n) is 7.61. The molecule has 10 rings (SSSR count). The topological polar surface area (TPSA) is 51.6 Å². The van der Waals surface area contributed by atoms with E-state index in [4.69, 9.17) is 9.97 Å². The molecule has 58 heavy (non-hydrogen) atoms. The summed E-state index contributed by atoms with van der Waals surface area (Å²) < 4.78 is 0. The van der Waals surface area contributed by atoms with Crippen LogP contribution in [0, 0.1) is 0 Å². The summed E-state index contributed by atoms with van der Waals surface area (Å²) in [5.74, 6) is 0. The molecule has 4 nitrogen and oxygen atoms in total. The lowest BCUT2D eigenvalue weighted by atomic mass is 9.94. The Morgan fingerprint density at radius 1 is 0.224 bits per heavy atom. The summed E-state index contributed by atoms with van der Waals surface area (Å²) in [5.41, 5.74) is 18.1. The van der Waals surface area contributed by atoms with Gasteiger partial charge in [-0.05, 0) is 57.6 Å². The lowest BCUT2D eigenvalue weighted by Gasteiger charge is -2.17. The van der Waals surface area contributed by atoms with Gasteiger partial charge in [0.1, 0.15) is 0 Å². The summed E-state index contributed by atoms with van der Waals surface area (Å²) in [6.07, 6.45) is 3.65. The van der Waals surface area contributed by atoms with Crippen molar-refractivity contribution >= 4 is 11.0 Å². The van der Waals surface area contributed by atoms with Crippen LogP contribution in [0.15, 0.2) is 219 Å². The van der Waals surface area contributed by atoms with E-state index in [1.165, 1.54) is 22.3 Å². The standard InChI is InChI=1S/C54H36N4/c1-3-11-37(12-4-1)39-17-21-41(22-18-39)47-33-34-48(42-23-19-40(20-24-42)38-13-5-2-6-14-38)54-53(47)57-51(45-29-25-43(26-30-45)49-15-7-9-35-55-49)52(58-54)46-31-27-44(28-32-46)50-16-8-10-36-56-50/h1-36H. The van der Waals surface area contributed by atoms with Gasteiger partial charge in [-0.25, -0.2) is 9.97 Å². The van der Waals surface area contributed by atoms with Crippen LogP contribution in [-0.2, 0) is 0 Å². The highest BCUT2D eigenvalue weighted by atomic mass is 14.8. The summed E-state index contributed by atoms with van der Waals surface area (Å²) in [6.45, 7) is 0. The lowest BCUT2D eigenvalue weighted by molar-refractivity contribution is 1.29. The molecule has 0 spiro atoms. The fraction of sp³-hybridized carbons (Fsp3) is 0. The van der Waals surface area contributed by atoms with Crippen LogP contribution < -0.4 is 0 Å². The zero-order valence-electron chi connectivity index (χ0n) is 31.6. The van der Waals surface area contributed by atoms with Gasteiger partial charge >= 0.3 is 0 Å². The van der Waals surface area contributed by atoms with Crippen LogP contribution in [0.1, 0.15) is 0 Å². The van der Waals surface area contributed by atoms with Crippen molar-refractivity contribution in [3.63, 3.8) is 0 Å². The number of hydrogen-bond acceptors (Lipinski definition) is 4. The second-order valence-corrected chi connectivity index (χ2v) is 14.3. The Hall–Kier alpha value is -7.82. The molecular weight excluding hydrogens is 705 g/mol. The van der Waals surface area contributed by atoms with Gasteiger partial charge in [0.05, 0.1) is 33.8 Å². The SMILES string of the molecule is c1ccc(-c2ccc(-c3ccc(-c4ccc(-c5ccccc5)cc4)c4nc(-c5ccc(-c6ccccn6)cc5)c(-c5ccc(-c6ccccn6)cc5)nc34)cc2)cc1. The van der Waals surface area contributed by atoms with Crippen molar-refractivity contribution in [2.24, 2.45) is 0 Å². The van der Waals surface area contributed by atoms with E-state index in [0.717, 1.165) is 78.3 Å². The monoisotopic (exact) mass is 740 g/mol. The first-order chi connectivity index (χ1) is 28.7. The van der Waals surface area contributed by atoms with Crippen molar-refractivity contribution in [3.8, 4) is 89.5 Å². The van der Waals surface area contributed by atoms with Crippen LogP contribution in [0.5, 0.6) is 0 Å². The van der Waals surface area contributed by atoms with Crippen LogP contribution in [0.25, 0.3) is 101 Å². The highest BCUT2D eigenvalue weighted by molar-refractivity contribution is 6.03. The van der Waals surface area contributed by atoms with Crippen molar-refractivity contribution in [1.82, 2.24) is 19.9 Å². The Bertz CT molecular complexity index is 2760. The number of benzene rings is 7. The maximum Gasteiger partial charge on any atom is 0.0979 e. The average molecular weight is 741 g/mol. The van der Waals surface area contributed by atoms with Gasteiger partial charge in [-0.15, -0.1) is 0 Å². The van der Waals surface area contributed by atoms with Gasteiger partial charge in [-0.2, -0.15) is 0 Å². The van der Waals surface area contributed by atoms with Crippen LogP contribution in [0.4, 0.5) is 0 Å². The number of aromatic nitrogens is 4. The molecule has 3 heterocycles. The molecule has 0 saturated carbocycles. The van der Waals surface area contributed by atoms with E-state index in [1.807, 2.05) is 60.9 Å². The van der Waals surface area contributed by atoms with E-state index in [9.17, 15) is 0 Å². The lowest BCUT2D eigenvalue weighted by Crippen LogP contribution is -1.99. The third-order valence-corrected chi connectivity index (χ3v) is 10.7. The minimum atomic E-state index is 0.810. The first-order valence-electron chi connectivity index (χ1n) is 19.5. The molecule has 0 radical (unpaired) electrons. The predicted molar refractivity (Wildman–Crippen MR) is 239 cm³/mol. The van der Waals surface area contributed by atoms with Gasteiger partial charge in [0, 0.05) is 45.8 Å².